The van der Waals surface area contributed by atoms with E-state index < -0.39 is 5.97 Å². The van der Waals surface area contributed by atoms with Crippen LogP contribution in [0.1, 0.15) is 29.2 Å². The first-order chi connectivity index (χ1) is 12.6. The summed E-state index contributed by atoms with van der Waals surface area (Å²) in [6.45, 7) is 2.84. The molecule has 2 aromatic rings. The van der Waals surface area contributed by atoms with Crippen LogP contribution in [0.25, 0.3) is 0 Å². The van der Waals surface area contributed by atoms with Gasteiger partial charge in [-0.25, -0.2) is 0 Å². The van der Waals surface area contributed by atoms with Gasteiger partial charge >= 0.3 is 5.97 Å². The first kappa shape index (κ1) is 16.7. The van der Waals surface area contributed by atoms with Crippen molar-refractivity contribution < 1.29 is 14.7 Å². The zero-order valence-electron chi connectivity index (χ0n) is 14.3. The van der Waals surface area contributed by atoms with Crippen molar-refractivity contribution in [3.05, 3.63) is 47.3 Å². The molecular weight excluding hydrogens is 334 g/mol. The summed E-state index contributed by atoms with van der Waals surface area (Å²) in [5, 5.41) is 19.7. The molecule has 2 atom stereocenters. The highest BCUT2D eigenvalue weighted by molar-refractivity contribution is 5.79. The summed E-state index contributed by atoms with van der Waals surface area (Å²) < 4.78 is 0. The highest BCUT2D eigenvalue weighted by atomic mass is 16.4. The van der Waals surface area contributed by atoms with Gasteiger partial charge in [0.05, 0.1) is 24.9 Å². The van der Waals surface area contributed by atoms with Crippen LogP contribution in [0.5, 0.6) is 0 Å². The van der Waals surface area contributed by atoms with Gasteiger partial charge in [-0.2, -0.15) is 15.4 Å². The molecule has 4 rings (SSSR count). The molecule has 0 radical (unpaired) electrons. The van der Waals surface area contributed by atoms with Crippen molar-refractivity contribution in [2.45, 2.75) is 25.4 Å². The van der Waals surface area contributed by atoms with Gasteiger partial charge in [0.2, 0.25) is 5.91 Å². The van der Waals surface area contributed by atoms with Crippen molar-refractivity contribution >= 4 is 11.9 Å². The molecular formula is C18H21N5O3. The van der Waals surface area contributed by atoms with Gasteiger partial charge in [-0.15, -0.1) is 0 Å². The van der Waals surface area contributed by atoms with Crippen LogP contribution in [0, 0.1) is 5.92 Å². The standard InChI is InChI=1S/C18H21N5O3/c24-17(11-22-7-12-3-1-2-4-13(12)8-22)23-9-14(5-18(25)26)15(10-23)16-6-19-21-20-16/h1-4,6,14-15H,5,7-11H2,(H,25,26)(H,19,20,21)/t14-,15+/m0/s1. The molecule has 0 bridgehead atoms. The number of carbonyl (C=O) groups is 2. The van der Waals surface area contributed by atoms with E-state index in [0.29, 0.717) is 19.6 Å². The third-order valence-electron chi connectivity index (χ3n) is 5.31. The molecule has 2 aliphatic rings. The summed E-state index contributed by atoms with van der Waals surface area (Å²) in [4.78, 5) is 27.9. The molecule has 0 aliphatic carbocycles. The Kier molecular flexibility index (Phi) is 4.42. The Morgan fingerprint density at radius 2 is 1.92 bits per heavy atom. The highest BCUT2D eigenvalue weighted by Gasteiger charge is 2.39. The average Bonchev–Trinajstić information content (AvgIpc) is 3.32. The van der Waals surface area contributed by atoms with Crippen LogP contribution < -0.4 is 0 Å². The largest absolute Gasteiger partial charge is 0.481 e. The van der Waals surface area contributed by atoms with Crippen molar-refractivity contribution in [1.82, 2.24) is 25.2 Å². The van der Waals surface area contributed by atoms with E-state index in [1.54, 1.807) is 11.1 Å². The van der Waals surface area contributed by atoms with Crippen molar-refractivity contribution in [2.75, 3.05) is 19.6 Å². The second-order valence-corrected chi connectivity index (χ2v) is 7.07. The summed E-state index contributed by atoms with van der Waals surface area (Å²) >= 11 is 0. The molecule has 136 valence electrons. The van der Waals surface area contributed by atoms with E-state index in [0.717, 1.165) is 18.8 Å². The first-order valence-corrected chi connectivity index (χ1v) is 8.74. The summed E-state index contributed by atoms with van der Waals surface area (Å²) in [5.74, 6) is -1.05. The Bertz CT molecular complexity index is 782. The number of nitrogens with zero attached hydrogens (tertiary/aromatic N) is 4. The summed E-state index contributed by atoms with van der Waals surface area (Å²) in [5.41, 5.74) is 3.26. The second-order valence-electron chi connectivity index (χ2n) is 7.07. The number of aromatic nitrogens is 3. The maximum absolute atomic E-state index is 12.8. The molecule has 1 saturated heterocycles. The quantitative estimate of drug-likeness (QED) is 0.824. The molecule has 1 amide bonds. The van der Waals surface area contributed by atoms with Crippen LogP contribution in [-0.4, -0.2) is 61.8 Å². The zero-order chi connectivity index (χ0) is 18.1. The third-order valence-corrected chi connectivity index (χ3v) is 5.31. The Hall–Kier alpha value is -2.74. The van der Waals surface area contributed by atoms with E-state index in [-0.39, 0.29) is 24.2 Å². The lowest BCUT2D eigenvalue weighted by molar-refractivity contribution is -0.138. The van der Waals surface area contributed by atoms with Crippen molar-refractivity contribution in [1.29, 1.82) is 0 Å². The number of likely N-dealkylation sites (tertiary alicyclic amines) is 1. The van der Waals surface area contributed by atoms with E-state index in [9.17, 15) is 14.7 Å². The first-order valence-electron chi connectivity index (χ1n) is 8.74. The number of hydrogen-bond donors (Lipinski definition) is 2. The molecule has 3 heterocycles. The van der Waals surface area contributed by atoms with Crippen LogP contribution in [0.4, 0.5) is 0 Å². The molecule has 1 fully saturated rings. The number of aliphatic carboxylic acids is 1. The van der Waals surface area contributed by atoms with Crippen molar-refractivity contribution in [2.24, 2.45) is 5.92 Å². The number of carboxylic acids is 1. The smallest absolute Gasteiger partial charge is 0.303 e. The van der Waals surface area contributed by atoms with Crippen LogP contribution in [0.2, 0.25) is 0 Å². The SMILES string of the molecule is O=C(O)C[C@H]1CN(C(=O)CN2Cc3ccccc3C2)C[C@H]1c1cn[nH]n1. The fourth-order valence-corrected chi connectivity index (χ4v) is 4.04. The minimum atomic E-state index is -0.854. The number of benzene rings is 1. The summed E-state index contributed by atoms with van der Waals surface area (Å²) in [7, 11) is 0. The fraction of sp³-hybridized carbons (Fsp3) is 0.444. The average molecular weight is 355 g/mol. The van der Waals surface area contributed by atoms with Gasteiger partial charge in [-0.3, -0.25) is 14.5 Å². The topological polar surface area (TPSA) is 102 Å². The molecule has 1 aromatic carbocycles. The fourth-order valence-electron chi connectivity index (χ4n) is 4.04. The molecule has 1 aromatic heterocycles. The van der Waals surface area contributed by atoms with E-state index in [2.05, 4.69) is 32.4 Å². The van der Waals surface area contributed by atoms with Crippen LogP contribution >= 0.6 is 0 Å². The number of H-pyrrole nitrogens is 1. The lowest BCUT2D eigenvalue weighted by Crippen LogP contribution is -2.37. The van der Waals surface area contributed by atoms with Gasteiger partial charge in [0.1, 0.15) is 0 Å². The maximum atomic E-state index is 12.8. The third kappa shape index (κ3) is 3.32. The number of hydrogen-bond acceptors (Lipinski definition) is 5. The Morgan fingerprint density at radius 1 is 1.19 bits per heavy atom. The second kappa shape index (κ2) is 6.87. The van der Waals surface area contributed by atoms with Crippen LogP contribution in [-0.2, 0) is 22.7 Å². The number of nitrogens with one attached hydrogen (secondary N) is 1. The molecule has 0 saturated carbocycles. The number of fused-ring (bicyclic) bond motifs is 1. The molecule has 8 nitrogen and oxygen atoms in total. The van der Waals surface area contributed by atoms with E-state index >= 15 is 0 Å². The predicted octanol–water partition coefficient (Wildman–Crippen LogP) is 0.837. The normalized spacial score (nSPS) is 22.5. The predicted molar refractivity (Wildman–Crippen MR) is 92.0 cm³/mol. The van der Waals surface area contributed by atoms with Crippen molar-refractivity contribution in [3.63, 3.8) is 0 Å². The Balaban J connectivity index is 1.41. The molecule has 26 heavy (non-hydrogen) atoms. The summed E-state index contributed by atoms with van der Waals surface area (Å²) in [6, 6.07) is 8.23. The number of carbonyl (C=O) groups excluding carboxylic acids is 1. The van der Waals surface area contributed by atoms with Gasteiger partial charge in [0, 0.05) is 32.1 Å². The minimum absolute atomic E-state index is 0.0243. The molecule has 2 N–H and O–H groups in total. The molecule has 2 aliphatic heterocycles. The lowest BCUT2D eigenvalue weighted by Gasteiger charge is -2.21. The number of amides is 1. The maximum Gasteiger partial charge on any atom is 0.303 e. The zero-order valence-corrected chi connectivity index (χ0v) is 14.3. The van der Waals surface area contributed by atoms with Crippen LogP contribution in [0.3, 0.4) is 0 Å². The molecule has 8 heteroatoms. The Morgan fingerprint density at radius 3 is 2.54 bits per heavy atom. The van der Waals surface area contributed by atoms with E-state index in [4.69, 9.17) is 0 Å². The number of rotatable bonds is 5. The molecule has 0 unspecified atom stereocenters. The van der Waals surface area contributed by atoms with E-state index in [1.165, 1.54) is 11.1 Å². The van der Waals surface area contributed by atoms with Gasteiger partial charge < -0.3 is 10.0 Å². The highest BCUT2D eigenvalue weighted by Crippen LogP contribution is 2.34. The number of aromatic amines is 1. The lowest BCUT2D eigenvalue weighted by atomic mass is 9.91. The minimum Gasteiger partial charge on any atom is -0.481 e. The number of carboxylic acid groups (broad SMARTS) is 1. The van der Waals surface area contributed by atoms with Gasteiger partial charge in [-0.05, 0) is 17.0 Å². The van der Waals surface area contributed by atoms with Gasteiger partial charge in [-0.1, -0.05) is 24.3 Å². The van der Waals surface area contributed by atoms with Gasteiger partial charge in [0.15, 0.2) is 0 Å². The van der Waals surface area contributed by atoms with Crippen LogP contribution in [0.15, 0.2) is 30.5 Å². The monoisotopic (exact) mass is 355 g/mol. The van der Waals surface area contributed by atoms with E-state index in [1.807, 2.05) is 12.1 Å². The van der Waals surface area contributed by atoms with Gasteiger partial charge in [0.25, 0.3) is 0 Å². The van der Waals surface area contributed by atoms with Crippen molar-refractivity contribution in [3.8, 4) is 0 Å². The summed E-state index contributed by atoms with van der Waals surface area (Å²) in [6.07, 6.45) is 1.64. The Labute approximate surface area is 150 Å². The molecule has 0 spiro atoms.